The maximum Gasteiger partial charge on any atom is 0.371 e. The first-order chi connectivity index (χ1) is 8.44. The van der Waals surface area contributed by atoms with E-state index in [1.54, 1.807) is 0 Å². The number of carbonyl (C=O) groups is 1. The molecule has 0 unspecified atom stereocenters. The molecule has 0 saturated carbocycles. The van der Waals surface area contributed by atoms with E-state index in [-0.39, 0.29) is 29.6 Å². The van der Waals surface area contributed by atoms with E-state index in [9.17, 15) is 13.2 Å². The minimum atomic E-state index is -3.38. The fourth-order valence-corrected chi connectivity index (χ4v) is 2.34. The smallest absolute Gasteiger partial charge is 0.371 e. The van der Waals surface area contributed by atoms with Gasteiger partial charge in [-0.15, -0.1) is 0 Å². The van der Waals surface area contributed by atoms with Crippen molar-refractivity contribution in [2.75, 3.05) is 25.5 Å². The van der Waals surface area contributed by atoms with Crippen LogP contribution in [0, 0.1) is 0 Å². The van der Waals surface area contributed by atoms with Crippen LogP contribution < -0.4 is 5.73 Å². The summed E-state index contributed by atoms with van der Waals surface area (Å²) >= 11 is 0. The molecule has 0 aliphatic rings. The van der Waals surface area contributed by atoms with Gasteiger partial charge in [0.2, 0.25) is 5.76 Å². The molecule has 18 heavy (non-hydrogen) atoms. The summed E-state index contributed by atoms with van der Waals surface area (Å²) in [7, 11) is -3.38. The van der Waals surface area contributed by atoms with Gasteiger partial charge in [0.1, 0.15) is 11.5 Å². The van der Waals surface area contributed by atoms with Crippen molar-refractivity contribution in [2.45, 2.75) is 5.75 Å². The lowest BCUT2D eigenvalue weighted by molar-refractivity contribution is 0.0660. The van der Waals surface area contributed by atoms with E-state index in [1.165, 1.54) is 12.1 Å². The van der Waals surface area contributed by atoms with E-state index in [2.05, 4.69) is 0 Å². The lowest BCUT2D eigenvalue weighted by atomic mass is 10.4. The lowest BCUT2D eigenvalue weighted by Crippen LogP contribution is -2.17. The largest absolute Gasteiger partial charge is 0.475 e. The van der Waals surface area contributed by atoms with Crippen molar-refractivity contribution >= 4 is 15.8 Å². The highest BCUT2D eigenvalue weighted by Crippen LogP contribution is 2.11. The second-order valence-corrected chi connectivity index (χ2v) is 5.75. The molecule has 0 aliphatic carbocycles. The Bertz CT molecular complexity index is 492. The van der Waals surface area contributed by atoms with Gasteiger partial charge in [-0.3, -0.25) is 0 Å². The first-order valence-electron chi connectivity index (χ1n) is 5.25. The second kappa shape index (κ2) is 6.53. The van der Waals surface area contributed by atoms with E-state index in [1.807, 2.05) is 0 Å². The first kappa shape index (κ1) is 14.7. The number of nitrogens with two attached hydrogens (primary N) is 1. The Kier molecular flexibility index (Phi) is 5.32. The van der Waals surface area contributed by atoms with Gasteiger partial charge in [-0.25, -0.2) is 13.2 Å². The summed E-state index contributed by atoms with van der Waals surface area (Å²) in [6, 6.07) is 2.56. The molecule has 1 aromatic heterocycles. The number of carboxylic acids is 1. The molecule has 0 atom stereocenters. The van der Waals surface area contributed by atoms with Gasteiger partial charge in [-0.1, -0.05) is 0 Å². The molecule has 0 aromatic carbocycles. The van der Waals surface area contributed by atoms with Crippen LogP contribution in [0.4, 0.5) is 0 Å². The molecule has 1 aromatic rings. The Labute approximate surface area is 104 Å². The third kappa shape index (κ3) is 4.86. The van der Waals surface area contributed by atoms with Gasteiger partial charge in [0.05, 0.1) is 19.0 Å². The molecule has 0 fully saturated rings. The van der Waals surface area contributed by atoms with E-state index in [4.69, 9.17) is 20.0 Å². The molecular weight excluding hydrogens is 262 g/mol. The number of aromatic carboxylic acids is 1. The minimum absolute atomic E-state index is 0.0615. The third-order valence-electron chi connectivity index (χ3n) is 2.04. The summed E-state index contributed by atoms with van der Waals surface area (Å²) in [5, 5.41) is 8.62. The molecule has 102 valence electrons. The molecule has 0 spiro atoms. The summed E-state index contributed by atoms with van der Waals surface area (Å²) in [5.41, 5.74) is 5.19. The van der Waals surface area contributed by atoms with Crippen molar-refractivity contribution in [3.8, 4) is 0 Å². The predicted octanol–water partition coefficient (Wildman–Crippen LogP) is -0.132. The molecule has 0 aliphatic heterocycles. The Balaban J connectivity index is 2.51. The average molecular weight is 277 g/mol. The molecule has 0 saturated heterocycles. The fraction of sp³-hybridized carbons (Fsp3) is 0.500. The summed E-state index contributed by atoms with van der Waals surface area (Å²) in [5.74, 6) is -1.90. The second-order valence-electron chi connectivity index (χ2n) is 3.56. The Morgan fingerprint density at radius 3 is 2.67 bits per heavy atom. The fourth-order valence-electron chi connectivity index (χ4n) is 1.23. The average Bonchev–Trinajstić information content (AvgIpc) is 2.72. The highest BCUT2D eigenvalue weighted by atomic mass is 32.2. The number of sulfone groups is 1. The molecular formula is C10H15NO6S. The van der Waals surface area contributed by atoms with E-state index in [0.29, 0.717) is 13.2 Å². The molecule has 1 heterocycles. The van der Waals surface area contributed by atoms with Gasteiger partial charge in [0.25, 0.3) is 0 Å². The van der Waals surface area contributed by atoms with Gasteiger partial charge in [-0.2, -0.15) is 0 Å². The van der Waals surface area contributed by atoms with Crippen molar-refractivity contribution in [2.24, 2.45) is 5.73 Å². The zero-order valence-electron chi connectivity index (χ0n) is 9.66. The number of rotatable bonds is 8. The van der Waals surface area contributed by atoms with E-state index < -0.39 is 15.8 Å². The van der Waals surface area contributed by atoms with Crippen LogP contribution in [0.15, 0.2) is 16.5 Å². The van der Waals surface area contributed by atoms with Gasteiger partial charge in [0, 0.05) is 6.54 Å². The van der Waals surface area contributed by atoms with Crippen molar-refractivity contribution in [3.05, 3.63) is 23.7 Å². The van der Waals surface area contributed by atoms with E-state index in [0.717, 1.165) is 0 Å². The normalized spacial score (nSPS) is 11.6. The van der Waals surface area contributed by atoms with Crippen LogP contribution in [-0.2, 0) is 20.3 Å². The molecule has 0 amide bonds. The van der Waals surface area contributed by atoms with Crippen LogP contribution in [0.25, 0.3) is 0 Å². The van der Waals surface area contributed by atoms with E-state index >= 15 is 0 Å². The van der Waals surface area contributed by atoms with Crippen LogP contribution in [0.5, 0.6) is 0 Å². The SMILES string of the molecule is NCCOCCS(=O)(=O)Cc1ccc(C(=O)O)o1. The van der Waals surface area contributed by atoms with Crippen LogP contribution in [0.3, 0.4) is 0 Å². The zero-order chi connectivity index (χ0) is 13.6. The monoisotopic (exact) mass is 277 g/mol. The zero-order valence-corrected chi connectivity index (χ0v) is 10.5. The highest BCUT2D eigenvalue weighted by molar-refractivity contribution is 7.90. The molecule has 7 nitrogen and oxygen atoms in total. The molecule has 3 N–H and O–H groups in total. The number of ether oxygens (including phenoxy) is 1. The Morgan fingerprint density at radius 2 is 2.11 bits per heavy atom. The Hall–Kier alpha value is -1.38. The topological polar surface area (TPSA) is 120 Å². The highest BCUT2D eigenvalue weighted by Gasteiger charge is 2.16. The Morgan fingerprint density at radius 1 is 1.39 bits per heavy atom. The quantitative estimate of drug-likeness (QED) is 0.635. The number of carboxylic acid groups (broad SMARTS) is 1. The maximum absolute atomic E-state index is 11.6. The van der Waals surface area contributed by atoms with Crippen molar-refractivity contribution in [3.63, 3.8) is 0 Å². The minimum Gasteiger partial charge on any atom is -0.475 e. The number of hydrogen-bond acceptors (Lipinski definition) is 6. The van der Waals surface area contributed by atoms with Gasteiger partial charge < -0.3 is 20.0 Å². The van der Waals surface area contributed by atoms with Crippen LogP contribution in [-0.4, -0.2) is 45.0 Å². The number of hydrogen-bond donors (Lipinski definition) is 2. The van der Waals surface area contributed by atoms with Crippen molar-refractivity contribution in [1.29, 1.82) is 0 Å². The molecule has 1 rings (SSSR count). The lowest BCUT2D eigenvalue weighted by Gasteiger charge is -2.03. The molecule has 0 bridgehead atoms. The molecule has 0 radical (unpaired) electrons. The summed E-state index contributed by atoms with van der Waals surface area (Å²) in [6.45, 7) is 0.700. The van der Waals surface area contributed by atoms with Crippen LogP contribution >= 0.6 is 0 Å². The van der Waals surface area contributed by atoms with Crippen LogP contribution in [0.2, 0.25) is 0 Å². The summed E-state index contributed by atoms with van der Waals surface area (Å²) in [4.78, 5) is 10.5. The van der Waals surface area contributed by atoms with Crippen molar-refractivity contribution in [1.82, 2.24) is 0 Å². The first-order valence-corrected chi connectivity index (χ1v) is 7.07. The summed E-state index contributed by atoms with van der Waals surface area (Å²) in [6.07, 6.45) is 0. The third-order valence-corrected chi connectivity index (χ3v) is 3.55. The predicted molar refractivity (Wildman–Crippen MR) is 63.0 cm³/mol. The standard InChI is InChI=1S/C10H15NO6S/c11-3-4-16-5-6-18(14,15)7-8-1-2-9(17-8)10(12)13/h1-2H,3-7,11H2,(H,12,13). The van der Waals surface area contributed by atoms with Crippen LogP contribution in [0.1, 0.15) is 16.3 Å². The maximum atomic E-state index is 11.6. The van der Waals surface area contributed by atoms with Gasteiger partial charge >= 0.3 is 5.97 Å². The number of furan rings is 1. The summed E-state index contributed by atoms with van der Waals surface area (Å²) < 4.78 is 33.1. The molecule has 8 heteroatoms. The van der Waals surface area contributed by atoms with Gasteiger partial charge in [-0.05, 0) is 12.1 Å². The van der Waals surface area contributed by atoms with Crippen molar-refractivity contribution < 1.29 is 27.5 Å². The van der Waals surface area contributed by atoms with Gasteiger partial charge in [0.15, 0.2) is 9.84 Å².